The monoisotopic (exact) mass is 499 g/mol. The normalized spacial score (nSPS) is 13.6. The Labute approximate surface area is 164 Å². The summed E-state index contributed by atoms with van der Waals surface area (Å²) in [5, 5.41) is 0. The second-order valence-electron chi connectivity index (χ2n) is 7.22. The van der Waals surface area contributed by atoms with Crippen molar-refractivity contribution >= 4 is 24.8 Å². The molecule has 1 heterocycles. The van der Waals surface area contributed by atoms with Gasteiger partial charge >= 0.3 is 164 Å². The number of hydrogen-bond acceptors (Lipinski definition) is 4. The summed E-state index contributed by atoms with van der Waals surface area (Å²) in [5.41, 5.74) is -0.951. The molecule has 0 aromatic carbocycles. The van der Waals surface area contributed by atoms with Crippen LogP contribution in [-0.2, 0) is 15.7 Å². The van der Waals surface area contributed by atoms with Crippen molar-refractivity contribution in [2.75, 3.05) is 6.61 Å². The van der Waals surface area contributed by atoms with Crippen molar-refractivity contribution in [3.8, 4) is 0 Å². The van der Waals surface area contributed by atoms with Crippen molar-refractivity contribution in [2.45, 2.75) is 82.7 Å². The molecule has 0 aliphatic rings. The SMILES string of the molecule is CCC[CH2][Sn]([CH2]CCC)([CH2]CCC)[CH](COC=O)c1ocnc1C(F)(F)F. The Morgan fingerprint density at radius 1 is 1.11 bits per heavy atom. The fraction of sp³-hybridized carbons (Fsp3) is 0.789. The molecule has 0 aliphatic carbocycles. The van der Waals surface area contributed by atoms with Crippen LogP contribution in [0.4, 0.5) is 13.2 Å². The quantitative estimate of drug-likeness (QED) is 0.222. The van der Waals surface area contributed by atoms with E-state index in [4.69, 9.17) is 9.15 Å². The van der Waals surface area contributed by atoms with E-state index in [0.717, 1.165) is 58.2 Å². The van der Waals surface area contributed by atoms with E-state index in [1.165, 1.54) is 0 Å². The van der Waals surface area contributed by atoms with Crippen molar-refractivity contribution < 1.29 is 27.1 Å². The molecule has 1 unspecified atom stereocenters. The van der Waals surface area contributed by atoms with Gasteiger partial charge in [0.05, 0.1) is 0 Å². The number of oxazole rings is 1. The fourth-order valence-corrected chi connectivity index (χ4v) is 21.5. The number of halogens is 3. The van der Waals surface area contributed by atoms with Crippen LogP contribution in [0.3, 0.4) is 0 Å². The van der Waals surface area contributed by atoms with Crippen molar-refractivity contribution in [1.82, 2.24) is 4.98 Å². The van der Waals surface area contributed by atoms with Crippen LogP contribution in [-0.4, -0.2) is 36.4 Å². The zero-order valence-corrected chi connectivity index (χ0v) is 19.5. The van der Waals surface area contributed by atoms with Gasteiger partial charge in [0.25, 0.3) is 0 Å². The summed E-state index contributed by atoms with van der Waals surface area (Å²) in [4.78, 5) is 14.3. The first-order valence-electron chi connectivity index (χ1n) is 9.92. The minimum absolute atomic E-state index is 0.0327. The van der Waals surface area contributed by atoms with Crippen molar-refractivity contribution in [3.05, 3.63) is 17.8 Å². The van der Waals surface area contributed by atoms with E-state index >= 15 is 0 Å². The first-order chi connectivity index (χ1) is 12.9. The number of nitrogens with zero attached hydrogens (tertiary/aromatic N) is 1. The topological polar surface area (TPSA) is 52.3 Å². The van der Waals surface area contributed by atoms with Gasteiger partial charge in [-0.05, 0) is 0 Å². The van der Waals surface area contributed by atoms with Crippen molar-refractivity contribution in [2.24, 2.45) is 0 Å². The van der Waals surface area contributed by atoms with Crippen LogP contribution < -0.4 is 0 Å². The molecule has 0 bridgehead atoms. The molecule has 1 aromatic heterocycles. The predicted molar refractivity (Wildman–Crippen MR) is 101 cm³/mol. The van der Waals surface area contributed by atoms with Gasteiger partial charge in [-0.1, -0.05) is 0 Å². The van der Waals surface area contributed by atoms with Gasteiger partial charge in [-0.3, -0.25) is 0 Å². The Bertz CT molecular complexity index is 527. The van der Waals surface area contributed by atoms with Crippen LogP contribution in [0.5, 0.6) is 0 Å². The second kappa shape index (κ2) is 12.0. The molecule has 0 N–H and O–H groups in total. The van der Waals surface area contributed by atoms with Crippen LogP contribution in [0.15, 0.2) is 10.8 Å². The third-order valence-corrected chi connectivity index (χ3v) is 22.3. The molecule has 27 heavy (non-hydrogen) atoms. The summed E-state index contributed by atoms with van der Waals surface area (Å²) < 4.78 is 53.4. The summed E-state index contributed by atoms with van der Waals surface area (Å²) in [6, 6.07) is 0. The zero-order valence-electron chi connectivity index (χ0n) is 16.6. The molecule has 156 valence electrons. The number of carbonyl (C=O) groups is 1. The number of aromatic nitrogens is 1. The molecule has 0 amide bonds. The van der Waals surface area contributed by atoms with Gasteiger partial charge in [0.1, 0.15) is 0 Å². The molecular weight excluding hydrogens is 466 g/mol. The van der Waals surface area contributed by atoms with Gasteiger partial charge in [0, 0.05) is 0 Å². The molecule has 0 radical (unpaired) electrons. The van der Waals surface area contributed by atoms with Crippen LogP contribution in [0.1, 0.15) is 74.7 Å². The van der Waals surface area contributed by atoms with Crippen LogP contribution in [0, 0.1) is 0 Å². The van der Waals surface area contributed by atoms with Crippen LogP contribution in [0.2, 0.25) is 13.3 Å². The van der Waals surface area contributed by atoms with E-state index in [1.807, 2.05) is 0 Å². The third-order valence-electron chi connectivity index (χ3n) is 5.33. The molecule has 0 spiro atoms. The van der Waals surface area contributed by atoms with Gasteiger partial charge in [0.2, 0.25) is 0 Å². The van der Waals surface area contributed by atoms with E-state index in [9.17, 15) is 18.0 Å². The Hall–Kier alpha value is -0.731. The van der Waals surface area contributed by atoms with Gasteiger partial charge in [-0.25, -0.2) is 0 Å². The Kier molecular flexibility index (Phi) is 10.8. The summed E-state index contributed by atoms with van der Waals surface area (Å²) in [5.74, 6) is -0.108. The second-order valence-corrected chi connectivity index (χ2v) is 21.3. The number of rotatable bonds is 14. The van der Waals surface area contributed by atoms with E-state index in [0.29, 0.717) is 6.47 Å². The Morgan fingerprint density at radius 2 is 1.63 bits per heavy atom. The average Bonchev–Trinajstić information content (AvgIpc) is 3.12. The van der Waals surface area contributed by atoms with Crippen molar-refractivity contribution in [1.29, 1.82) is 0 Å². The molecule has 8 heteroatoms. The van der Waals surface area contributed by atoms with Gasteiger partial charge in [0.15, 0.2) is 0 Å². The molecular formula is C19H32F3NO3Sn. The van der Waals surface area contributed by atoms with Crippen LogP contribution >= 0.6 is 0 Å². The first kappa shape index (κ1) is 24.3. The van der Waals surface area contributed by atoms with E-state index in [1.54, 1.807) is 0 Å². The molecule has 1 atom stereocenters. The summed E-state index contributed by atoms with van der Waals surface area (Å²) >= 11 is -3.20. The molecule has 1 aromatic rings. The Morgan fingerprint density at radius 3 is 2.04 bits per heavy atom. The number of unbranched alkanes of at least 4 members (excludes halogenated alkanes) is 3. The standard InChI is InChI=1S/C7H5F3NO3.3C4H9.Sn/c8-7(9,10)6-5(14-3-11-6)1-2-13-4-12;3*1-3-4-2;/h1,3-4H,2H2;3*1,3-4H2,2H3;. The summed E-state index contributed by atoms with van der Waals surface area (Å²) in [7, 11) is 0. The van der Waals surface area contributed by atoms with Crippen molar-refractivity contribution in [3.63, 3.8) is 0 Å². The molecule has 0 saturated heterocycles. The van der Waals surface area contributed by atoms with Crippen LogP contribution in [0.25, 0.3) is 0 Å². The maximum atomic E-state index is 13.5. The van der Waals surface area contributed by atoms with E-state index < -0.39 is 34.2 Å². The molecule has 0 aliphatic heterocycles. The zero-order chi connectivity index (χ0) is 20.3. The van der Waals surface area contributed by atoms with Gasteiger partial charge < -0.3 is 0 Å². The summed E-state index contributed by atoms with van der Waals surface area (Å²) in [6.07, 6.45) is 2.30. The van der Waals surface area contributed by atoms with Gasteiger partial charge in [-0.2, -0.15) is 0 Å². The first-order valence-corrected chi connectivity index (χ1v) is 17.6. The predicted octanol–water partition coefficient (Wildman–Crippen LogP) is 6.34. The Balaban J connectivity index is 3.43. The maximum absolute atomic E-state index is 13.5. The third kappa shape index (κ3) is 6.98. The average molecular weight is 498 g/mol. The number of hydrogen-bond donors (Lipinski definition) is 0. The van der Waals surface area contributed by atoms with E-state index in [2.05, 4.69) is 25.8 Å². The number of alkyl halides is 3. The number of ether oxygens (including phenoxy) is 1. The molecule has 0 fully saturated rings. The molecule has 1 rings (SSSR count). The van der Waals surface area contributed by atoms with E-state index in [-0.39, 0.29) is 12.4 Å². The molecule has 4 nitrogen and oxygen atoms in total. The molecule has 0 saturated carbocycles. The van der Waals surface area contributed by atoms with Gasteiger partial charge in [-0.15, -0.1) is 0 Å². The summed E-state index contributed by atoms with van der Waals surface area (Å²) in [6.45, 7) is 6.59. The fourth-order valence-electron chi connectivity index (χ4n) is 3.87. The number of carbonyl (C=O) groups excluding carboxylic acids is 1. The minimum atomic E-state index is -4.57.